The van der Waals surface area contributed by atoms with Crippen molar-refractivity contribution in [1.29, 1.82) is 0 Å². The lowest BCUT2D eigenvalue weighted by molar-refractivity contribution is -0.132. The van der Waals surface area contributed by atoms with Gasteiger partial charge in [0.1, 0.15) is 11.6 Å². The second-order valence-corrected chi connectivity index (χ2v) is 9.12. The van der Waals surface area contributed by atoms with Crippen molar-refractivity contribution < 1.29 is 18.7 Å². The number of methoxy groups -OCH3 is 1. The largest absolute Gasteiger partial charge is 0.497 e. The summed E-state index contributed by atoms with van der Waals surface area (Å²) in [7, 11) is 1.59. The van der Waals surface area contributed by atoms with E-state index in [0.717, 1.165) is 24.2 Å². The van der Waals surface area contributed by atoms with Gasteiger partial charge in [-0.2, -0.15) is 0 Å². The first-order valence-corrected chi connectivity index (χ1v) is 11.1. The van der Waals surface area contributed by atoms with Crippen molar-refractivity contribution in [2.24, 2.45) is 0 Å². The Hall–Kier alpha value is -2.54. The Bertz CT molecular complexity index is 926. The predicted molar refractivity (Wildman–Crippen MR) is 115 cm³/mol. The minimum atomic E-state index is -0.301. The summed E-state index contributed by atoms with van der Waals surface area (Å²) in [4.78, 5) is 29.5. The van der Waals surface area contributed by atoms with Crippen LogP contribution in [0.5, 0.6) is 5.75 Å². The summed E-state index contributed by atoms with van der Waals surface area (Å²) in [6, 6.07) is 13.3. The average Bonchev–Trinajstić information content (AvgIpc) is 3.18. The first kappa shape index (κ1) is 20.7. The molecule has 2 aliphatic rings. The second-order valence-electron chi connectivity index (χ2n) is 7.67. The van der Waals surface area contributed by atoms with Crippen molar-refractivity contribution in [1.82, 2.24) is 9.80 Å². The Kier molecular flexibility index (Phi) is 5.99. The Labute approximate surface area is 180 Å². The van der Waals surface area contributed by atoms with Crippen LogP contribution in [-0.4, -0.2) is 59.0 Å². The van der Waals surface area contributed by atoms with Gasteiger partial charge in [0.15, 0.2) is 0 Å². The highest BCUT2D eigenvalue weighted by atomic mass is 32.2. The maximum Gasteiger partial charge on any atom is 0.255 e. The molecule has 2 amide bonds. The van der Waals surface area contributed by atoms with Crippen LogP contribution >= 0.6 is 11.8 Å². The summed E-state index contributed by atoms with van der Waals surface area (Å²) < 4.78 is 18.3. The average molecular weight is 429 g/mol. The smallest absolute Gasteiger partial charge is 0.255 e. The third kappa shape index (κ3) is 4.17. The highest BCUT2D eigenvalue weighted by molar-refractivity contribution is 8.00. The number of amides is 2. The molecular weight excluding hydrogens is 403 g/mol. The fourth-order valence-corrected chi connectivity index (χ4v) is 5.67. The van der Waals surface area contributed by atoms with Gasteiger partial charge in [0.2, 0.25) is 5.91 Å². The molecule has 2 fully saturated rings. The summed E-state index contributed by atoms with van der Waals surface area (Å²) in [5.41, 5.74) is 1.44. The van der Waals surface area contributed by atoms with Crippen LogP contribution < -0.4 is 4.74 Å². The number of hydrogen-bond acceptors (Lipinski definition) is 4. The summed E-state index contributed by atoms with van der Waals surface area (Å²) >= 11 is 1.82. The molecule has 0 radical (unpaired) electrons. The molecule has 7 heteroatoms. The molecule has 1 spiro atoms. The number of benzene rings is 2. The quantitative estimate of drug-likeness (QED) is 0.747. The lowest BCUT2D eigenvalue weighted by Gasteiger charge is -2.44. The van der Waals surface area contributed by atoms with Crippen molar-refractivity contribution in [2.45, 2.75) is 24.1 Å². The van der Waals surface area contributed by atoms with E-state index in [0.29, 0.717) is 30.9 Å². The number of carbonyl (C=O) groups is 2. The van der Waals surface area contributed by atoms with Gasteiger partial charge in [-0.1, -0.05) is 18.2 Å². The van der Waals surface area contributed by atoms with Gasteiger partial charge >= 0.3 is 0 Å². The van der Waals surface area contributed by atoms with E-state index in [9.17, 15) is 14.0 Å². The van der Waals surface area contributed by atoms with Crippen LogP contribution in [0.15, 0.2) is 48.5 Å². The highest BCUT2D eigenvalue weighted by Crippen LogP contribution is 2.44. The van der Waals surface area contributed by atoms with Crippen LogP contribution in [0.4, 0.5) is 4.39 Å². The van der Waals surface area contributed by atoms with Crippen LogP contribution in [0.2, 0.25) is 0 Å². The SMILES string of the molecule is COc1cccc(C(=O)N2CCSC23CCN(C(=O)Cc2ccc(F)cc2)CC3)c1. The van der Waals surface area contributed by atoms with Gasteiger partial charge < -0.3 is 14.5 Å². The number of halogens is 1. The Balaban J connectivity index is 1.41. The molecule has 2 saturated heterocycles. The minimum absolute atomic E-state index is 0.0185. The van der Waals surface area contributed by atoms with Gasteiger partial charge in [-0.3, -0.25) is 9.59 Å². The molecule has 2 aromatic rings. The maximum atomic E-state index is 13.2. The lowest BCUT2D eigenvalue weighted by Crippen LogP contribution is -2.53. The molecule has 0 bridgehead atoms. The van der Waals surface area contributed by atoms with Crippen LogP contribution in [0.25, 0.3) is 0 Å². The van der Waals surface area contributed by atoms with Crippen molar-refractivity contribution >= 4 is 23.6 Å². The maximum absolute atomic E-state index is 13.2. The molecular formula is C23H25FN2O3S. The fourth-order valence-electron chi connectivity index (χ4n) is 4.22. The molecule has 2 aromatic carbocycles. The third-order valence-electron chi connectivity index (χ3n) is 5.91. The molecule has 0 saturated carbocycles. The highest BCUT2D eigenvalue weighted by Gasteiger charge is 2.47. The summed E-state index contributed by atoms with van der Waals surface area (Å²) in [6.45, 7) is 1.95. The van der Waals surface area contributed by atoms with E-state index in [1.807, 2.05) is 39.8 Å². The molecule has 0 aromatic heterocycles. The lowest BCUT2D eigenvalue weighted by atomic mass is 10.00. The van der Waals surface area contributed by atoms with Crippen LogP contribution in [0, 0.1) is 5.82 Å². The Morgan fingerprint density at radius 2 is 1.83 bits per heavy atom. The van der Waals surface area contributed by atoms with Crippen molar-refractivity contribution in [3.63, 3.8) is 0 Å². The van der Waals surface area contributed by atoms with E-state index in [2.05, 4.69) is 0 Å². The molecule has 0 aliphatic carbocycles. The number of rotatable bonds is 4. The molecule has 158 valence electrons. The van der Waals surface area contributed by atoms with Gasteiger partial charge in [-0.25, -0.2) is 4.39 Å². The summed E-state index contributed by atoms with van der Waals surface area (Å²) in [5.74, 6) is 1.34. The molecule has 5 nitrogen and oxygen atoms in total. The molecule has 0 unspecified atom stereocenters. The number of piperidine rings is 1. The van der Waals surface area contributed by atoms with Gasteiger partial charge in [0, 0.05) is 31.0 Å². The molecule has 30 heavy (non-hydrogen) atoms. The fraction of sp³-hybridized carbons (Fsp3) is 0.391. The molecule has 2 aliphatic heterocycles. The van der Waals surface area contributed by atoms with Gasteiger partial charge in [-0.15, -0.1) is 11.8 Å². The van der Waals surface area contributed by atoms with Gasteiger partial charge in [-0.05, 0) is 48.7 Å². The Morgan fingerprint density at radius 1 is 1.10 bits per heavy atom. The zero-order valence-corrected chi connectivity index (χ0v) is 17.8. The van der Waals surface area contributed by atoms with E-state index >= 15 is 0 Å². The monoisotopic (exact) mass is 428 g/mol. The number of carbonyl (C=O) groups excluding carboxylic acids is 2. The Morgan fingerprint density at radius 3 is 2.53 bits per heavy atom. The van der Waals surface area contributed by atoms with Crippen molar-refractivity contribution in [3.05, 3.63) is 65.5 Å². The normalized spacial score (nSPS) is 17.9. The van der Waals surface area contributed by atoms with Gasteiger partial charge in [0.25, 0.3) is 5.91 Å². The van der Waals surface area contributed by atoms with E-state index in [4.69, 9.17) is 4.74 Å². The molecule has 0 atom stereocenters. The number of likely N-dealkylation sites (tertiary alicyclic amines) is 1. The summed E-state index contributed by atoms with van der Waals surface area (Å²) in [5, 5.41) is 0. The third-order valence-corrected chi connectivity index (χ3v) is 7.46. The molecule has 0 N–H and O–H groups in total. The number of hydrogen-bond donors (Lipinski definition) is 0. The predicted octanol–water partition coefficient (Wildman–Crippen LogP) is 3.58. The topological polar surface area (TPSA) is 49.9 Å². The zero-order chi connectivity index (χ0) is 21.1. The first-order valence-electron chi connectivity index (χ1n) is 10.1. The van der Waals surface area contributed by atoms with Gasteiger partial charge in [0.05, 0.1) is 18.4 Å². The minimum Gasteiger partial charge on any atom is -0.497 e. The summed E-state index contributed by atoms with van der Waals surface area (Å²) in [6.07, 6.45) is 1.78. The van der Waals surface area contributed by atoms with Crippen molar-refractivity contribution in [3.8, 4) is 5.75 Å². The van der Waals surface area contributed by atoms with Crippen molar-refractivity contribution in [2.75, 3.05) is 32.5 Å². The number of ether oxygens (including phenoxy) is 1. The van der Waals surface area contributed by atoms with E-state index < -0.39 is 0 Å². The first-order chi connectivity index (χ1) is 14.5. The molecule has 2 heterocycles. The second kappa shape index (κ2) is 8.68. The standard InChI is InChI=1S/C23H25FN2O3S/c1-29-20-4-2-3-18(16-20)22(28)26-13-14-30-23(26)9-11-25(12-10-23)21(27)15-17-5-7-19(24)8-6-17/h2-8,16H,9-15H2,1H3. The number of thioether (sulfide) groups is 1. The van der Waals surface area contributed by atoms with E-state index in [-0.39, 0.29) is 28.9 Å². The molecule has 4 rings (SSSR count). The van der Waals surface area contributed by atoms with Crippen LogP contribution in [-0.2, 0) is 11.2 Å². The van der Waals surface area contributed by atoms with Crippen LogP contribution in [0.1, 0.15) is 28.8 Å². The number of nitrogens with zero attached hydrogens (tertiary/aromatic N) is 2. The van der Waals surface area contributed by atoms with E-state index in [1.54, 1.807) is 25.3 Å². The zero-order valence-electron chi connectivity index (χ0n) is 17.0. The van der Waals surface area contributed by atoms with Crippen LogP contribution in [0.3, 0.4) is 0 Å². The van der Waals surface area contributed by atoms with E-state index in [1.165, 1.54) is 12.1 Å².